The fraction of sp³-hybridized carbons (Fsp3) is 0.0741. The number of nitrogens with one attached hydrogen (secondary N) is 3. The van der Waals surface area contributed by atoms with Crippen molar-refractivity contribution < 1.29 is 19.1 Å². The van der Waals surface area contributed by atoms with Gasteiger partial charge in [0.25, 0.3) is 11.8 Å². The Balaban J connectivity index is 1.47. The van der Waals surface area contributed by atoms with E-state index in [1.807, 2.05) is 19.1 Å². The molecule has 0 atom stereocenters. The molecule has 0 radical (unpaired) electrons. The van der Waals surface area contributed by atoms with Gasteiger partial charge >= 0.3 is 0 Å². The van der Waals surface area contributed by atoms with Crippen molar-refractivity contribution in [2.45, 2.75) is 13.8 Å². The molecular weight excluding hydrogens is 444 g/mol. The van der Waals surface area contributed by atoms with Crippen LogP contribution in [0.3, 0.4) is 0 Å². The van der Waals surface area contributed by atoms with E-state index in [0.717, 1.165) is 5.56 Å². The van der Waals surface area contributed by atoms with E-state index in [9.17, 15) is 14.7 Å². The second kappa shape index (κ2) is 8.83. The first-order valence-electron chi connectivity index (χ1n) is 11.0. The predicted molar refractivity (Wildman–Crippen MR) is 134 cm³/mol. The number of phenolic OH excluding ortho intramolecular Hbond substituents is 1. The summed E-state index contributed by atoms with van der Waals surface area (Å²) in [6.07, 6.45) is 0. The molecule has 5 aromatic rings. The lowest BCUT2D eigenvalue weighted by molar-refractivity contribution is 0.0999. The number of nitrogens with zero attached hydrogens (tertiary/aromatic N) is 1. The van der Waals surface area contributed by atoms with Crippen LogP contribution < -0.4 is 10.6 Å². The Bertz CT molecular complexity index is 1570. The Morgan fingerprint density at radius 3 is 2.46 bits per heavy atom. The Morgan fingerprint density at radius 2 is 1.66 bits per heavy atom. The third kappa shape index (κ3) is 4.24. The number of furan rings is 1. The van der Waals surface area contributed by atoms with Crippen LogP contribution in [-0.2, 0) is 0 Å². The average molecular weight is 466 g/mol. The molecule has 2 heterocycles. The first-order chi connectivity index (χ1) is 16.9. The molecule has 5 rings (SSSR count). The molecule has 3 aromatic carbocycles. The summed E-state index contributed by atoms with van der Waals surface area (Å²) in [5.41, 5.74) is 4.11. The predicted octanol–water partition coefficient (Wildman–Crippen LogP) is 5.65. The Labute approximate surface area is 200 Å². The van der Waals surface area contributed by atoms with Crippen LogP contribution in [0.25, 0.3) is 22.2 Å². The maximum Gasteiger partial charge on any atom is 0.293 e. The molecule has 0 saturated heterocycles. The Hall–Kier alpha value is -4.85. The van der Waals surface area contributed by atoms with Gasteiger partial charge in [-0.15, -0.1) is 0 Å². The van der Waals surface area contributed by atoms with Crippen LogP contribution in [-0.4, -0.2) is 27.1 Å². The van der Waals surface area contributed by atoms with Gasteiger partial charge in [-0.1, -0.05) is 36.4 Å². The minimum absolute atomic E-state index is 0.0184. The number of benzene rings is 3. The average Bonchev–Trinajstić information content (AvgIpc) is 3.48. The highest BCUT2D eigenvalue weighted by Gasteiger charge is 2.24. The summed E-state index contributed by atoms with van der Waals surface area (Å²) in [5, 5.41) is 23.5. The second-order valence-electron chi connectivity index (χ2n) is 8.22. The lowest BCUT2D eigenvalue weighted by atomic mass is 10.0. The van der Waals surface area contributed by atoms with Crippen LogP contribution in [0, 0.1) is 13.8 Å². The maximum atomic E-state index is 13.1. The van der Waals surface area contributed by atoms with Crippen molar-refractivity contribution in [3.05, 3.63) is 95.4 Å². The Kier molecular flexibility index (Phi) is 5.54. The summed E-state index contributed by atoms with van der Waals surface area (Å²) in [7, 11) is 0. The summed E-state index contributed by atoms with van der Waals surface area (Å²) in [6.45, 7) is 3.72. The van der Waals surface area contributed by atoms with E-state index in [-0.39, 0.29) is 22.9 Å². The van der Waals surface area contributed by atoms with Crippen molar-refractivity contribution in [2.24, 2.45) is 0 Å². The molecule has 0 aliphatic carbocycles. The number of aromatic amines is 1. The smallest absolute Gasteiger partial charge is 0.293 e. The topological polar surface area (TPSA) is 120 Å². The minimum Gasteiger partial charge on any atom is -0.507 e. The minimum atomic E-state index is -0.507. The Morgan fingerprint density at radius 1 is 0.914 bits per heavy atom. The molecule has 8 nitrogen and oxygen atoms in total. The van der Waals surface area contributed by atoms with Gasteiger partial charge in [0.1, 0.15) is 22.7 Å². The summed E-state index contributed by atoms with van der Waals surface area (Å²) in [6, 6.07) is 21.3. The SMILES string of the molecule is Cc1cc(C)c(O)c(-c2cc(C(=O)Nc3c(C(=O)Nc4ccccc4)oc4ccccc34)[nH]n2)c1. The van der Waals surface area contributed by atoms with Crippen LogP contribution in [0.15, 0.2) is 77.2 Å². The standard InChI is InChI=1S/C27H22N4O4/c1-15-12-16(2)24(32)19(13-15)20-14-21(31-30-20)26(33)29-23-18-10-6-7-11-22(18)35-25(23)27(34)28-17-8-4-3-5-9-17/h3-14,32H,1-2H3,(H,28,34)(H,29,33)(H,30,31). The summed E-state index contributed by atoms with van der Waals surface area (Å²) >= 11 is 0. The number of amides is 2. The van der Waals surface area contributed by atoms with E-state index in [2.05, 4.69) is 20.8 Å². The second-order valence-corrected chi connectivity index (χ2v) is 8.22. The summed E-state index contributed by atoms with van der Waals surface area (Å²) in [4.78, 5) is 26.1. The molecule has 0 aliphatic rings. The van der Waals surface area contributed by atoms with Crippen LogP contribution in [0.5, 0.6) is 5.75 Å². The van der Waals surface area contributed by atoms with E-state index >= 15 is 0 Å². The monoisotopic (exact) mass is 466 g/mol. The number of carbonyl (C=O) groups is 2. The van der Waals surface area contributed by atoms with Crippen LogP contribution in [0.4, 0.5) is 11.4 Å². The number of aromatic hydroxyl groups is 1. The molecular formula is C27H22N4O4. The number of rotatable bonds is 5. The number of anilines is 2. The number of H-pyrrole nitrogens is 1. The molecule has 174 valence electrons. The molecule has 0 saturated carbocycles. The summed E-state index contributed by atoms with van der Waals surface area (Å²) in [5.74, 6) is -0.911. The van der Waals surface area contributed by atoms with Gasteiger partial charge in [0.2, 0.25) is 5.76 Å². The quantitative estimate of drug-likeness (QED) is 0.267. The van der Waals surface area contributed by atoms with Crippen molar-refractivity contribution in [3.8, 4) is 17.0 Å². The van der Waals surface area contributed by atoms with Crippen LogP contribution >= 0.6 is 0 Å². The molecule has 4 N–H and O–H groups in total. The number of fused-ring (bicyclic) bond motifs is 1. The number of carbonyl (C=O) groups excluding carboxylic acids is 2. The zero-order valence-corrected chi connectivity index (χ0v) is 19.0. The molecule has 2 aromatic heterocycles. The highest BCUT2D eigenvalue weighted by Crippen LogP contribution is 2.34. The fourth-order valence-electron chi connectivity index (χ4n) is 3.95. The lowest BCUT2D eigenvalue weighted by Crippen LogP contribution is -2.17. The molecule has 2 amide bonds. The molecule has 0 unspecified atom stereocenters. The van der Waals surface area contributed by atoms with Gasteiger partial charge in [-0.2, -0.15) is 5.10 Å². The van der Waals surface area contributed by atoms with Crippen molar-refractivity contribution in [1.82, 2.24) is 10.2 Å². The van der Waals surface area contributed by atoms with Gasteiger partial charge in [0.05, 0.1) is 5.69 Å². The zero-order valence-electron chi connectivity index (χ0n) is 19.0. The normalized spacial score (nSPS) is 10.9. The third-order valence-electron chi connectivity index (χ3n) is 5.62. The number of hydrogen-bond acceptors (Lipinski definition) is 5. The maximum absolute atomic E-state index is 13.1. The van der Waals surface area contributed by atoms with Gasteiger partial charge in [0.15, 0.2) is 0 Å². The number of para-hydroxylation sites is 2. The van der Waals surface area contributed by atoms with Crippen molar-refractivity contribution in [3.63, 3.8) is 0 Å². The number of phenols is 1. The van der Waals surface area contributed by atoms with Gasteiger partial charge in [-0.3, -0.25) is 14.7 Å². The number of hydrogen-bond donors (Lipinski definition) is 4. The number of aryl methyl sites for hydroxylation is 2. The fourth-order valence-corrected chi connectivity index (χ4v) is 3.95. The molecule has 35 heavy (non-hydrogen) atoms. The van der Waals surface area contributed by atoms with Gasteiger partial charge < -0.3 is 20.2 Å². The van der Waals surface area contributed by atoms with E-state index in [4.69, 9.17) is 4.42 Å². The van der Waals surface area contributed by atoms with E-state index in [1.165, 1.54) is 0 Å². The van der Waals surface area contributed by atoms with Gasteiger partial charge in [-0.25, -0.2) is 0 Å². The van der Waals surface area contributed by atoms with Crippen LogP contribution in [0.2, 0.25) is 0 Å². The molecule has 0 bridgehead atoms. The van der Waals surface area contributed by atoms with E-state index in [1.54, 1.807) is 67.6 Å². The highest BCUT2D eigenvalue weighted by molar-refractivity contribution is 6.16. The van der Waals surface area contributed by atoms with Crippen molar-refractivity contribution >= 4 is 34.2 Å². The lowest BCUT2D eigenvalue weighted by Gasteiger charge is -2.07. The largest absolute Gasteiger partial charge is 0.507 e. The van der Waals surface area contributed by atoms with E-state index < -0.39 is 11.8 Å². The zero-order chi connectivity index (χ0) is 24.5. The first-order valence-corrected chi connectivity index (χ1v) is 11.0. The van der Waals surface area contributed by atoms with Crippen molar-refractivity contribution in [2.75, 3.05) is 10.6 Å². The van der Waals surface area contributed by atoms with Gasteiger partial charge in [-0.05, 0) is 61.4 Å². The van der Waals surface area contributed by atoms with E-state index in [0.29, 0.717) is 33.5 Å². The first kappa shape index (κ1) is 22.0. The van der Waals surface area contributed by atoms with Crippen molar-refractivity contribution in [1.29, 1.82) is 0 Å². The van der Waals surface area contributed by atoms with Crippen LogP contribution in [0.1, 0.15) is 32.2 Å². The molecule has 0 aliphatic heterocycles. The molecule has 8 heteroatoms. The highest BCUT2D eigenvalue weighted by atomic mass is 16.3. The number of aromatic nitrogens is 2. The molecule has 0 spiro atoms. The summed E-state index contributed by atoms with van der Waals surface area (Å²) < 4.78 is 5.80. The van der Waals surface area contributed by atoms with Gasteiger partial charge in [0, 0.05) is 16.6 Å². The molecule has 0 fully saturated rings. The third-order valence-corrected chi connectivity index (χ3v) is 5.62.